The van der Waals surface area contributed by atoms with E-state index in [0.717, 1.165) is 44.7 Å². The molecule has 3 nitrogen and oxygen atoms in total. The van der Waals surface area contributed by atoms with E-state index >= 15 is 0 Å². The Morgan fingerprint density at radius 3 is 2.94 bits per heavy atom. The maximum absolute atomic E-state index is 5.82. The van der Waals surface area contributed by atoms with Crippen LogP contribution >= 0.6 is 0 Å². The van der Waals surface area contributed by atoms with Gasteiger partial charge in [-0.3, -0.25) is 4.90 Å². The molecular formula is C13H25NO2. The van der Waals surface area contributed by atoms with Crippen molar-refractivity contribution in [3.8, 4) is 0 Å². The van der Waals surface area contributed by atoms with Crippen molar-refractivity contribution in [3.05, 3.63) is 12.2 Å². The fourth-order valence-electron chi connectivity index (χ4n) is 2.17. The van der Waals surface area contributed by atoms with E-state index in [1.54, 1.807) is 0 Å². The second kappa shape index (κ2) is 6.38. The zero-order chi connectivity index (χ0) is 12.0. The molecule has 94 valence electrons. The van der Waals surface area contributed by atoms with Crippen LogP contribution in [-0.2, 0) is 9.47 Å². The van der Waals surface area contributed by atoms with Crippen LogP contribution < -0.4 is 0 Å². The zero-order valence-electron chi connectivity index (χ0n) is 10.9. The lowest BCUT2D eigenvalue weighted by atomic mass is 10.1. The molecule has 1 fully saturated rings. The fourth-order valence-corrected chi connectivity index (χ4v) is 2.17. The summed E-state index contributed by atoms with van der Waals surface area (Å²) in [6, 6.07) is 0. The largest absolute Gasteiger partial charge is 0.376 e. The molecular weight excluding hydrogens is 202 g/mol. The lowest BCUT2D eigenvalue weighted by molar-refractivity contribution is -0.0790. The summed E-state index contributed by atoms with van der Waals surface area (Å²) in [6.07, 6.45) is 2.24. The Hall–Kier alpha value is -0.380. The molecule has 1 heterocycles. The number of hydrogen-bond acceptors (Lipinski definition) is 3. The van der Waals surface area contributed by atoms with E-state index in [2.05, 4.69) is 25.3 Å². The number of rotatable bonds is 7. The average Bonchev–Trinajstić information content (AvgIpc) is 2.55. The molecule has 0 amide bonds. The van der Waals surface area contributed by atoms with Gasteiger partial charge in [0.1, 0.15) is 5.72 Å². The van der Waals surface area contributed by atoms with Crippen molar-refractivity contribution in [1.29, 1.82) is 0 Å². The van der Waals surface area contributed by atoms with Crippen LogP contribution in [0.15, 0.2) is 12.2 Å². The first-order valence-corrected chi connectivity index (χ1v) is 6.19. The van der Waals surface area contributed by atoms with Crippen molar-refractivity contribution in [2.75, 3.05) is 32.9 Å². The predicted molar refractivity (Wildman–Crippen MR) is 66.5 cm³/mol. The van der Waals surface area contributed by atoms with E-state index in [4.69, 9.17) is 9.47 Å². The van der Waals surface area contributed by atoms with E-state index in [-0.39, 0.29) is 5.72 Å². The molecule has 0 aliphatic carbocycles. The first kappa shape index (κ1) is 13.7. The third-order valence-electron chi connectivity index (χ3n) is 3.01. The summed E-state index contributed by atoms with van der Waals surface area (Å²) in [6.45, 7) is 14.4. The Kier molecular flexibility index (Phi) is 5.46. The summed E-state index contributed by atoms with van der Waals surface area (Å²) >= 11 is 0. The smallest absolute Gasteiger partial charge is 0.119 e. The van der Waals surface area contributed by atoms with Crippen LogP contribution in [0.25, 0.3) is 0 Å². The van der Waals surface area contributed by atoms with Gasteiger partial charge in [-0.1, -0.05) is 25.5 Å². The van der Waals surface area contributed by atoms with Gasteiger partial charge in [0.05, 0.1) is 19.8 Å². The lowest BCUT2D eigenvalue weighted by Crippen LogP contribution is -2.43. The molecule has 0 spiro atoms. The molecule has 16 heavy (non-hydrogen) atoms. The third-order valence-corrected chi connectivity index (χ3v) is 3.01. The van der Waals surface area contributed by atoms with Gasteiger partial charge in [0.15, 0.2) is 0 Å². The van der Waals surface area contributed by atoms with E-state index in [1.807, 2.05) is 6.92 Å². The Labute approximate surface area is 99.4 Å². The molecule has 1 rings (SSSR count). The van der Waals surface area contributed by atoms with Gasteiger partial charge in [-0.15, -0.1) is 0 Å². The van der Waals surface area contributed by atoms with Crippen LogP contribution in [0.3, 0.4) is 0 Å². The Morgan fingerprint density at radius 1 is 1.56 bits per heavy atom. The predicted octanol–water partition coefficient (Wildman–Crippen LogP) is 2.43. The van der Waals surface area contributed by atoms with E-state index < -0.39 is 0 Å². The minimum atomic E-state index is -0.0681. The number of nitrogens with zero attached hydrogens (tertiary/aromatic N) is 1. The van der Waals surface area contributed by atoms with Crippen LogP contribution in [0.4, 0.5) is 0 Å². The van der Waals surface area contributed by atoms with Crippen molar-refractivity contribution in [2.24, 2.45) is 0 Å². The molecule has 3 heteroatoms. The normalized spacial score (nSPS) is 26.2. The summed E-state index contributed by atoms with van der Waals surface area (Å²) in [4.78, 5) is 2.38. The number of hydrogen-bond donors (Lipinski definition) is 0. The van der Waals surface area contributed by atoms with Gasteiger partial charge >= 0.3 is 0 Å². The van der Waals surface area contributed by atoms with Crippen LogP contribution in [0, 0.1) is 0 Å². The quantitative estimate of drug-likeness (QED) is 0.492. The average molecular weight is 227 g/mol. The Bertz CT molecular complexity index is 230. The summed E-state index contributed by atoms with van der Waals surface area (Å²) in [7, 11) is 0. The molecule has 0 saturated carbocycles. The minimum Gasteiger partial charge on any atom is -0.376 e. The molecule has 0 radical (unpaired) electrons. The summed E-state index contributed by atoms with van der Waals surface area (Å²) in [5.41, 5.74) is 1.01. The van der Waals surface area contributed by atoms with Crippen molar-refractivity contribution >= 4 is 0 Å². The van der Waals surface area contributed by atoms with Gasteiger partial charge in [0.2, 0.25) is 0 Å². The molecule has 0 aromatic heterocycles. The molecule has 1 aliphatic rings. The lowest BCUT2D eigenvalue weighted by Gasteiger charge is -2.33. The van der Waals surface area contributed by atoms with Crippen LogP contribution in [0.1, 0.15) is 33.6 Å². The summed E-state index contributed by atoms with van der Waals surface area (Å²) in [5, 5.41) is 0. The molecule has 1 atom stereocenters. The molecule has 1 aliphatic heterocycles. The van der Waals surface area contributed by atoms with Gasteiger partial charge in [-0.2, -0.15) is 0 Å². The van der Waals surface area contributed by atoms with Crippen molar-refractivity contribution in [2.45, 2.75) is 39.3 Å². The highest BCUT2D eigenvalue weighted by Crippen LogP contribution is 2.27. The first-order chi connectivity index (χ1) is 7.58. The highest BCUT2D eigenvalue weighted by molar-refractivity contribution is 4.87. The highest BCUT2D eigenvalue weighted by atomic mass is 16.5. The fraction of sp³-hybridized carbons (Fsp3) is 0.846. The second-order valence-corrected chi connectivity index (χ2v) is 4.77. The second-order valence-electron chi connectivity index (χ2n) is 4.77. The van der Waals surface area contributed by atoms with E-state index in [9.17, 15) is 0 Å². The highest BCUT2D eigenvalue weighted by Gasteiger charge is 2.36. The van der Waals surface area contributed by atoms with Gasteiger partial charge < -0.3 is 9.47 Å². The molecule has 0 N–H and O–H groups in total. The number of ether oxygens (including phenoxy) is 2. The van der Waals surface area contributed by atoms with E-state index in [0.29, 0.717) is 6.61 Å². The standard InChI is InChI=1S/C13H25NO2/c1-5-6-13(4)14(8-10-16-13)7-9-15-11-12(2)3/h2,5-11H2,1,3-4H3. The molecule has 1 saturated heterocycles. The summed E-state index contributed by atoms with van der Waals surface area (Å²) in [5.74, 6) is 0. The monoisotopic (exact) mass is 227 g/mol. The minimum absolute atomic E-state index is 0.0681. The topological polar surface area (TPSA) is 21.7 Å². The van der Waals surface area contributed by atoms with Gasteiger partial charge in [-0.05, 0) is 20.3 Å². The van der Waals surface area contributed by atoms with Gasteiger partial charge in [-0.25, -0.2) is 0 Å². The van der Waals surface area contributed by atoms with Gasteiger partial charge in [0.25, 0.3) is 0 Å². The zero-order valence-corrected chi connectivity index (χ0v) is 10.9. The van der Waals surface area contributed by atoms with Crippen LogP contribution in [-0.4, -0.2) is 43.5 Å². The molecule has 0 bridgehead atoms. The van der Waals surface area contributed by atoms with Crippen LogP contribution in [0.2, 0.25) is 0 Å². The molecule has 0 aromatic rings. The van der Waals surface area contributed by atoms with Crippen molar-refractivity contribution in [3.63, 3.8) is 0 Å². The van der Waals surface area contributed by atoms with Crippen molar-refractivity contribution < 1.29 is 9.47 Å². The Balaban J connectivity index is 2.27. The van der Waals surface area contributed by atoms with Crippen molar-refractivity contribution in [1.82, 2.24) is 4.90 Å². The SMILES string of the molecule is C=C(C)COCCN1CCOC1(C)CCC. The van der Waals surface area contributed by atoms with Gasteiger partial charge in [0, 0.05) is 13.1 Å². The van der Waals surface area contributed by atoms with Crippen LogP contribution in [0.5, 0.6) is 0 Å². The summed E-state index contributed by atoms with van der Waals surface area (Å²) < 4.78 is 11.4. The maximum atomic E-state index is 5.82. The van der Waals surface area contributed by atoms with E-state index in [1.165, 1.54) is 0 Å². The maximum Gasteiger partial charge on any atom is 0.119 e. The molecule has 1 unspecified atom stereocenters. The molecule has 0 aromatic carbocycles. The first-order valence-electron chi connectivity index (χ1n) is 6.19. The third kappa shape index (κ3) is 3.89. The Morgan fingerprint density at radius 2 is 2.31 bits per heavy atom.